The van der Waals surface area contributed by atoms with Crippen molar-refractivity contribution in [2.24, 2.45) is 0 Å². The minimum Gasteiger partial charge on any atom is -0.325 e. The van der Waals surface area contributed by atoms with Gasteiger partial charge in [0, 0.05) is 23.1 Å². The van der Waals surface area contributed by atoms with Crippen LogP contribution in [0.3, 0.4) is 0 Å². The summed E-state index contributed by atoms with van der Waals surface area (Å²) in [6.45, 7) is 5.66. The number of amides is 1. The van der Waals surface area contributed by atoms with Crippen LogP contribution in [-0.2, 0) is 17.8 Å². The topological polar surface area (TPSA) is 93.3 Å². The van der Waals surface area contributed by atoms with E-state index in [-0.39, 0.29) is 12.5 Å². The van der Waals surface area contributed by atoms with Crippen LogP contribution in [0.25, 0.3) is 5.65 Å². The van der Waals surface area contributed by atoms with Gasteiger partial charge < -0.3 is 10.6 Å². The van der Waals surface area contributed by atoms with Gasteiger partial charge in [0.25, 0.3) is 0 Å². The van der Waals surface area contributed by atoms with Crippen molar-refractivity contribution in [3.05, 3.63) is 81.9 Å². The molecule has 0 spiro atoms. The van der Waals surface area contributed by atoms with E-state index in [0.29, 0.717) is 23.0 Å². The molecule has 0 saturated carbocycles. The van der Waals surface area contributed by atoms with Crippen molar-refractivity contribution in [2.75, 3.05) is 10.6 Å². The van der Waals surface area contributed by atoms with Crippen LogP contribution in [0, 0.1) is 13.8 Å². The molecule has 31 heavy (non-hydrogen) atoms. The molecule has 8 nitrogen and oxygen atoms in total. The van der Waals surface area contributed by atoms with Crippen LogP contribution in [0.15, 0.2) is 59.4 Å². The number of hydrogen-bond acceptors (Lipinski definition) is 5. The number of benzene rings is 2. The molecule has 2 heterocycles. The summed E-state index contributed by atoms with van der Waals surface area (Å²) in [7, 11) is 0. The summed E-state index contributed by atoms with van der Waals surface area (Å²) < 4.78 is 2.53. The van der Waals surface area contributed by atoms with Gasteiger partial charge in [-0.15, -0.1) is 5.10 Å². The van der Waals surface area contributed by atoms with E-state index in [1.54, 1.807) is 6.07 Å². The molecule has 1 amide bonds. The zero-order valence-electron chi connectivity index (χ0n) is 17.7. The van der Waals surface area contributed by atoms with Gasteiger partial charge in [0.2, 0.25) is 11.9 Å². The number of hydrogen-bond donors (Lipinski definition) is 2. The Balaban J connectivity index is 1.63. The molecule has 0 atom stereocenters. The highest BCUT2D eigenvalue weighted by atomic mass is 16.2. The second-order valence-electron chi connectivity index (χ2n) is 7.40. The largest absolute Gasteiger partial charge is 0.353 e. The van der Waals surface area contributed by atoms with Gasteiger partial charge in [-0.25, -0.2) is 18.9 Å². The number of anilines is 3. The van der Waals surface area contributed by atoms with Crippen molar-refractivity contribution in [3.63, 3.8) is 0 Å². The predicted octanol–water partition coefficient (Wildman–Crippen LogP) is 3.45. The average Bonchev–Trinajstić information content (AvgIpc) is 3.04. The average molecular weight is 416 g/mol. The summed E-state index contributed by atoms with van der Waals surface area (Å²) in [4.78, 5) is 30.1. The number of nitrogens with zero attached hydrogens (tertiary/aromatic N) is 4. The smallest absolute Gasteiger partial charge is 0.325 e. The third-order valence-electron chi connectivity index (χ3n) is 5.00. The third-order valence-corrected chi connectivity index (χ3v) is 5.00. The molecular formula is C23H24N6O2. The molecule has 0 fully saturated rings. The zero-order chi connectivity index (χ0) is 22.0. The molecule has 0 saturated heterocycles. The fourth-order valence-electron chi connectivity index (χ4n) is 3.38. The van der Waals surface area contributed by atoms with Crippen LogP contribution < -0.4 is 16.3 Å². The van der Waals surface area contributed by atoms with Crippen LogP contribution >= 0.6 is 0 Å². The van der Waals surface area contributed by atoms with E-state index in [4.69, 9.17) is 0 Å². The van der Waals surface area contributed by atoms with Gasteiger partial charge in [-0.1, -0.05) is 37.3 Å². The van der Waals surface area contributed by atoms with E-state index >= 15 is 0 Å². The van der Waals surface area contributed by atoms with Crippen LogP contribution in [0.2, 0.25) is 0 Å². The highest BCUT2D eigenvalue weighted by Gasteiger charge is 2.16. The van der Waals surface area contributed by atoms with E-state index in [9.17, 15) is 9.59 Å². The molecule has 0 radical (unpaired) electrons. The molecule has 0 bridgehead atoms. The first-order valence-electron chi connectivity index (χ1n) is 10.1. The van der Waals surface area contributed by atoms with E-state index in [2.05, 4.69) is 27.6 Å². The van der Waals surface area contributed by atoms with Crippen molar-refractivity contribution in [2.45, 2.75) is 33.7 Å². The number of rotatable bonds is 6. The number of carbonyl (C=O) groups excluding carboxylic acids is 1. The summed E-state index contributed by atoms with van der Waals surface area (Å²) in [5, 5.41) is 10.4. The van der Waals surface area contributed by atoms with E-state index in [0.717, 1.165) is 27.9 Å². The third kappa shape index (κ3) is 4.32. The summed E-state index contributed by atoms with van der Waals surface area (Å²) in [5.74, 6) is 0.0356. The number of aryl methyl sites for hydroxylation is 3. The summed E-state index contributed by atoms with van der Waals surface area (Å²) in [5.41, 5.74) is 4.38. The van der Waals surface area contributed by atoms with Crippen molar-refractivity contribution in [1.82, 2.24) is 19.2 Å². The molecule has 8 heteroatoms. The quantitative estimate of drug-likeness (QED) is 0.502. The Morgan fingerprint density at radius 1 is 1.06 bits per heavy atom. The summed E-state index contributed by atoms with van der Waals surface area (Å²) in [6, 6.07) is 17.1. The van der Waals surface area contributed by atoms with E-state index < -0.39 is 5.69 Å². The highest BCUT2D eigenvalue weighted by Crippen LogP contribution is 2.19. The van der Waals surface area contributed by atoms with E-state index in [1.807, 2.05) is 62.4 Å². The second-order valence-corrected chi connectivity index (χ2v) is 7.40. The molecule has 2 aromatic heterocycles. The Kier molecular flexibility index (Phi) is 5.53. The lowest BCUT2D eigenvalue weighted by atomic mass is 10.1. The molecule has 2 N–H and O–H groups in total. The van der Waals surface area contributed by atoms with Crippen LogP contribution in [0.5, 0.6) is 0 Å². The van der Waals surface area contributed by atoms with Gasteiger partial charge in [0.15, 0.2) is 5.65 Å². The Morgan fingerprint density at radius 2 is 1.87 bits per heavy atom. The number of carbonyl (C=O) groups is 1. The number of aromatic nitrogens is 4. The minimum absolute atomic E-state index is 0.195. The fraction of sp³-hybridized carbons (Fsp3) is 0.217. The van der Waals surface area contributed by atoms with Crippen molar-refractivity contribution in [1.29, 1.82) is 0 Å². The Morgan fingerprint density at radius 3 is 2.65 bits per heavy atom. The van der Waals surface area contributed by atoms with Gasteiger partial charge >= 0.3 is 5.69 Å². The maximum absolute atomic E-state index is 13.0. The summed E-state index contributed by atoms with van der Waals surface area (Å²) >= 11 is 0. The SMILES string of the molecule is CCc1cccc(NC(=O)Cn2nc3cc(C)nc(Nc4ccccc4C)n3c2=O)c1. The monoisotopic (exact) mass is 416 g/mol. The molecule has 0 aliphatic heterocycles. The molecule has 0 aliphatic carbocycles. The Hall–Kier alpha value is -3.94. The zero-order valence-corrected chi connectivity index (χ0v) is 17.7. The molecule has 158 valence electrons. The molecule has 0 aliphatic rings. The maximum atomic E-state index is 13.0. The van der Waals surface area contributed by atoms with Crippen LogP contribution in [-0.4, -0.2) is 25.1 Å². The first-order valence-corrected chi connectivity index (χ1v) is 10.1. The molecule has 4 aromatic rings. The van der Waals surface area contributed by atoms with Gasteiger partial charge in [-0.2, -0.15) is 0 Å². The predicted molar refractivity (Wildman–Crippen MR) is 121 cm³/mol. The van der Waals surface area contributed by atoms with Crippen LogP contribution in [0.4, 0.5) is 17.3 Å². The Labute approximate surface area is 179 Å². The summed E-state index contributed by atoms with van der Waals surface area (Å²) in [6.07, 6.45) is 0.874. The number of nitrogens with one attached hydrogen (secondary N) is 2. The second kappa shape index (κ2) is 8.43. The number of fused-ring (bicyclic) bond motifs is 1. The van der Waals surface area contributed by atoms with Crippen LogP contribution in [0.1, 0.15) is 23.7 Å². The maximum Gasteiger partial charge on any atom is 0.353 e. The lowest BCUT2D eigenvalue weighted by molar-refractivity contribution is -0.117. The molecular weight excluding hydrogens is 392 g/mol. The first-order chi connectivity index (χ1) is 14.9. The van der Waals surface area contributed by atoms with E-state index in [1.165, 1.54) is 4.40 Å². The molecule has 2 aromatic carbocycles. The van der Waals surface area contributed by atoms with Gasteiger partial charge in [-0.3, -0.25) is 4.79 Å². The van der Waals surface area contributed by atoms with Gasteiger partial charge in [-0.05, 0) is 49.6 Å². The minimum atomic E-state index is -0.434. The van der Waals surface area contributed by atoms with Crippen molar-refractivity contribution < 1.29 is 4.79 Å². The number of para-hydroxylation sites is 1. The standard InChI is InChI=1S/C23H24N6O2/c1-4-17-9-7-10-18(13-17)25-21(30)14-28-23(31)29-20(27-28)12-16(3)24-22(29)26-19-11-6-5-8-15(19)2/h5-13H,4,14H2,1-3H3,(H,24,26)(H,25,30). The van der Waals surface area contributed by atoms with Gasteiger partial charge in [0.1, 0.15) is 6.54 Å². The molecule has 4 rings (SSSR count). The normalized spacial score (nSPS) is 10.9. The highest BCUT2D eigenvalue weighted by molar-refractivity contribution is 5.90. The van der Waals surface area contributed by atoms with Crippen molar-refractivity contribution in [3.8, 4) is 0 Å². The Bertz CT molecular complexity index is 1320. The lowest BCUT2D eigenvalue weighted by Crippen LogP contribution is -2.29. The molecule has 0 unspecified atom stereocenters. The lowest BCUT2D eigenvalue weighted by Gasteiger charge is -2.10. The van der Waals surface area contributed by atoms with Crippen molar-refractivity contribution >= 4 is 28.9 Å². The van der Waals surface area contributed by atoms with Gasteiger partial charge in [0.05, 0.1) is 0 Å². The fourth-order valence-corrected chi connectivity index (χ4v) is 3.38. The first kappa shape index (κ1) is 20.3.